The number of imide groups is 1. The van der Waals surface area contributed by atoms with Crippen molar-refractivity contribution in [2.45, 2.75) is 129 Å². The third kappa shape index (κ3) is 8.71. The number of amides is 3. The minimum atomic E-state index is -0.923. The minimum absolute atomic E-state index is 0.187. The zero-order valence-electron chi connectivity index (χ0n) is 18.6. The quantitative estimate of drug-likeness (QED) is 0.141. The van der Waals surface area contributed by atoms with E-state index < -0.39 is 5.54 Å². The molecule has 0 aromatic heterocycles. The van der Waals surface area contributed by atoms with Crippen molar-refractivity contribution >= 4 is 23.7 Å². The molecule has 4 nitrogen and oxygen atoms in total. The van der Waals surface area contributed by atoms with E-state index in [1.807, 2.05) is 0 Å². The second-order valence-electron chi connectivity index (χ2n) is 8.88. The summed E-state index contributed by atoms with van der Waals surface area (Å²) in [6.45, 7) is 6.14. The molecule has 1 aliphatic heterocycles. The molecule has 3 amide bonds. The molecule has 1 heterocycles. The molecule has 0 atom stereocenters. The van der Waals surface area contributed by atoms with Crippen LogP contribution in [0.25, 0.3) is 0 Å². The molecule has 0 aliphatic carbocycles. The average molecular weight is 415 g/mol. The van der Waals surface area contributed by atoms with Crippen LogP contribution in [0.1, 0.15) is 124 Å². The molecule has 0 spiro atoms. The zero-order chi connectivity index (χ0) is 20.8. The van der Waals surface area contributed by atoms with E-state index in [1.165, 1.54) is 94.8 Å². The average Bonchev–Trinajstić information content (AvgIpc) is 2.82. The SMILES string of the molecule is CCCCCCCCCCCCCCCCCCN1C(=O)N(Cl)C(C)(C)C1=O. The van der Waals surface area contributed by atoms with E-state index in [0.29, 0.717) is 6.54 Å². The molecule has 28 heavy (non-hydrogen) atoms. The Morgan fingerprint density at radius 2 is 1.04 bits per heavy atom. The summed E-state index contributed by atoms with van der Waals surface area (Å²) >= 11 is 5.94. The predicted octanol–water partition coefficient (Wildman–Crippen LogP) is 7.44. The predicted molar refractivity (Wildman–Crippen MR) is 118 cm³/mol. The first kappa shape index (κ1) is 25.3. The normalized spacial score (nSPS) is 16.4. The maximum atomic E-state index is 12.2. The summed E-state index contributed by atoms with van der Waals surface area (Å²) in [6, 6.07) is -0.377. The van der Waals surface area contributed by atoms with Crippen LogP contribution in [0.15, 0.2) is 0 Å². The van der Waals surface area contributed by atoms with Crippen molar-refractivity contribution in [3.63, 3.8) is 0 Å². The zero-order valence-corrected chi connectivity index (χ0v) is 19.4. The molecule has 0 aromatic rings. The lowest BCUT2D eigenvalue weighted by molar-refractivity contribution is -0.131. The topological polar surface area (TPSA) is 40.6 Å². The summed E-state index contributed by atoms with van der Waals surface area (Å²) in [5.74, 6) is -0.187. The number of carbonyl (C=O) groups is 2. The van der Waals surface area contributed by atoms with Gasteiger partial charge in [0.2, 0.25) is 0 Å². The van der Waals surface area contributed by atoms with Gasteiger partial charge >= 0.3 is 6.03 Å². The number of hydrogen-bond acceptors (Lipinski definition) is 2. The maximum Gasteiger partial charge on any atom is 0.342 e. The van der Waals surface area contributed by atoms with Crippen LogP contribution < -0.4 is 0 Å². The van der Waals surface area contributed by atoms with E-state index >= 15 is 0 Å². The van der Waals surface area contributed by atoms with Gasteiger partial charge in [0.1, 0.15) is 5.54 Å². The van der Waals surface area contributed by atoms with Gasteiger partial charge in [-0.2, -0.15) is 0 Å². The Labute approximate surface area is 178 Å². The van der Waals surface area contributed by atoms with E-state index in [-0.39, 0.29) is 11.9 Å². The minimum Gasteiger partial charge on any atom is -0.272 e. The van der Waals surface area contributed by atoms with Crippen LogP contribution in [-0.4, -0.2) is 33.3 Å². The highest BCUT2D eigenvalue weighted by Gasteiger charge is 2.50. The van der Waals surface area contributed by atoms with Crippen molar-refractivity contribution in [2.24, 2.45) is 0 Å². The summed E-state index contributed by atoms with van der Waals surface area (Å²) < 4.78 is 1.03. The highest BCUT2D eigenvalue weighted by atomic mass is 35.5. The molecule has 1 saturated heterocycles. The van der Waals surface area contributed by atoms with Gasteiger partial charge in [-0.05, 0) is 20.3 Å². The largest absolute Gasteiger partial charge is 0.342 e. The van der Waals surface area contributed by atoms with Crippen LogP contribution in [0, 0.1) is 0 Å². The Morgan fingerprint density at radius 1 is 0.679 bits per heavy atom. The van der Waals surface area contributed by atoms with Crippen molar-refractivity contribution in [3.8, 4) is 0 Å². The molecular weight excluding hydrogens is 372 g/mol. The highest BCUT2D eigenvalue weighted by Crippen LogP contribution is 2.29. The van der Waals surface area contributed by atoms with Gasteiger partial charge < -0.3 is 0 Å². The third-order valence-corrected chi connectivity index (χ3v) is 6.46. The Morgan fingerprint density at radius 3 is 1.36 bits per heavy atom. The van der Waals surface area contributed by atoms with Crippen LogP contribution in [0.5, 0.6) is 0 Å². The van der Waals surface area contributed by atoms with E-state index in [0.717, 1.165) is 17.3 Å². The summed E-state index contributed by atoms with van der Waals surface area (Å²) in [4.78, 5) is 25.5. The molecular formula is C23H43ClN2O2. The van der Waals surface area contributed by atoms with Gasteiger partial charge in [-0.1, -0.05) is 103 Å². The molecule has 0 unspecified atom stereocenters. The van der Waals surface area contributed by atoms with Gasteiger partial charge in [-0.3, -0.25) is 9.69 Å². The van der Waals surface area contributed by atoms with Crippen LogP contribution in [0.2, 0.25) is 0 Å². The molecule has 164 valence electrons. The fourth-order valence-electron chi connectivity index (χ4n) is 3.86. The van der Waals surface area contributed by atoms with Gasteiger partial charge in [0, 0.05) is 18.3 Å². The molecule has 1 rings (SSSR count). The van der Waals surface area contributed by atoms with Crippen molar-refractivity contribution in [1.29, 1.82) is 0 Å². The Hall–Kier alpha value is -0.770. The molecule has 5 heteroatoms. The first-order chi connectivity index (χ1) is 13.4. The molecule has 0 N–H and O–H groups in total. The van der Waals surface area contributed by atoms with E-state index in [9.17, 15) is 9.59 Å². The second-order valence-corrected chi connectivity index (χ2v) is 9.22. The first-order valence-corrected chi connectivity index (χ1v) is 12.1. The number of urea groups is 1. The van der Waals surface area contributed by atoms with E-state index in [2.05, 4.69) is 6.92 Å². The fraction of sp³-hybridized carbons (Fsp3) is 0.913. The number of rotatable bonds is 17. The van der Waals surface area contributed by atoms with Crippen LogP contribution in [0.3, 0.4) is 0 Å². The smallest absolute Gasteiger partial charge is 0.272 e. The molecule has 1 aliphatic rings. The van der Waals surface area contributed by atoms with Gasteiger partial charge in [0.05, 0.1) is 0 Å². The maximum absolute atomic E-state index is 12.2. The Kier molecular flexibility index (Phi) is 12.9. The molecule has 0 saturated carbocycles. The lowest BCUT2D eigenvalue weighted by Gasteiger charge is -2.19. The molecule has 0 bridgehead atoms. The van der Waals surface area contributed by atoms with Crippen LogP contribution >= 0.6 is 11.8 Å². The fourth-order valence-corrected chi connectivity index (χ4v) is 4.02. The molecule has 1 fully saturated rings. The summed E-state index contributed by atoms with van der Waals surface area (Å²) in [5.41, 5.74) is -0.923. The highest BCUT2D eigenvalue weighted by molar-refractivity contribution is 6.27. The summed E-state index contributed by atoms with van der Waals surface area (Å²) in [7, 11) is 0. The summed E-state index contributed by atoms with van der Waals surface area (Å²) in [5, 5.41) is 0. The van der Waals surface area contributed by atoms with Gasteiger partial charge in [0.25, 0.3) is 5.91 Å². The standard InChI is InChI=1S/C23H43ClN2O2/c1-4-5-6-7-8-9-10-11-12-13-14-15-16-17-18-19-20-25-21(27)23(2,3)26(24)22(25)28/h4-20H2,1-3H3. The van der Waals surface area contributed by atoms with Crippen LogP contribution in [0.4, 0.5) is 4.79 Å². The number of hydrogen-bond donors (Lipinski definition) is 0. The number of unbranched alkanes of at least 4 members (excludes halogenated alkanes) is 15. The van der Waals surface area contributed by atoms with E-state index in [1.54, 1.807) is 13.8 Å². The van der Waals surface area contributed by atoms with Gasteiger partial charge in [-0.25, -0.2) is 9.21 Å². The second kappa shape index (κ2) is 14.3. The molecule has 0 radical (unpaired) electrons. The Balaban J connectivity index is 1.87. The summed E-state index contributed by atoms with van der Waals surface area (Å²) in [6.07, 6.45) is 21.0. The lowest BCUT2D eigenvalue weighted by Crippen LogP contribution is -2.39. The van der Waals surface area contributed by atoms with Crippen molar-refractivity contribution < 1.29 is 9.59 Å². The number of carbonyl (C=O) groups excluding carboxylic acids is 2. The number of nitrogens with zero attached hydrogens (tertiary/aromatic N) is 2. The Bertz CT molecular complexity index is 454. The van der Waals surface area contributed by atoms with Gasteiger partial charge in [0.15, 0.2) is 0 Å². The monoisotopic (exact) mass is 414 g/mol. The van der Waals surface area contributed by atoms with Gasteiger partial charge in [-0.15, -0.1) is 0 Å². The lowest BCUT2D eigenvalue weighted by atomic mass is 10.0. The first-order valence-electron chi connectivity index (χ1n) is 11.7. The van der Waals surface area contributed by atoms with Crippen molar-refractivity contribution in [3.05, 3.63) is 0 Å². The van der Waals surface area contributed by atoms with Crippen LogP contribution in [-0.2, 0) is 4.79 Å². The van der Waals surface area contributed by atoms with Crippen molar-refractivity contribution in [2.75, 3.05) is 6.54 Å². The van der Waals surface area contributed by atoms with E-state index in [4.69, 9.17) is 11.8 Å². The third-order valence-electron chi connectivity index (χ3n) is 5.89. The van der Waals surface area contributed by atoms with Crippen molar-refractivity contribution in [1.82, 2.24) is 9.32 Å². The number of halogens is 1. The molecule has 0 aromatic carbocycles.